The van der Waals surface area contributed by atoms with Crippen LogP contribution in [-0.2, 0) is 11.2 Å². The number of hydrogen-bond donors (Lipinski definition) is 2. The number of fused-ring (bicyclic) bond motifs is 1. The number of benzene rings is 1. The van der Waals surface area contributed by atoms with Crippen LogP contribution in [0.3, 0.4) is 0 Å². The second kappa shape index (κ2) is 8.32. The minimum atomic E-state index is 0.138. The number of carbonyl (C=O) groups is 1. The molecule has 1 atom stereocenters. The lowest BCUT2D eigenvalue weighted by molar-refractivity contribution is -0.125. The van der Waals surface area contributed by atoms with E-state index in [0.29, 0.717) is 0 Å². The van der Waals surface area contributed by atoms with Crippen molar-refractivity contribution in [3.8, 4) is 0 Å². The molecular weight excluding hydrogens is 298 g/mol. The van der Waals surface area contributed by atoms with E-state index in [0.717, 1.165) is 48.6 Å². The van der Waals surface area contributed by atoms with Gasteiger partial charge < -0.3 is 10.3 Å². The Hall–Kier alpha value is -1.84. The topological polar surface area (TPSA) is 57.8 Å². The zero-order valence-electron chi connectivity index (χ0n) is 14.7. The number of aromatic amines is 1. The first kappa shape index (κ1) is 17.0. The Bertz CT molecular complexity index is 625. The molecule has 2 aromatic rings. The summed E-state index contributed by atoms with van der Waals surface area (Å²) in [6, 6.07) is 8.07. The minimum absolute atomic E-state index is 0.138. The van der Waals surface area contributed by atoms with Gasteiger partial charge in [-0.15, -0.1) is 0 Å². The molecule has 4 heteroatoms. The molecule has 3 rings (SSSR count). The highest BCUT2D eigenvalue weighted by molar-refractivity contribution is 5.78. The van der Waals surface area contributed by atoms with Gasteiger partial charge in [0.2, 0.25) is 5.91 Å². The van der Waals surface area contributed by atoms with Crippen LogP contribution in [0.4, 0.5) is 0 Å². The van der Waals surface area contributed by atoms with Crippen LogP contribution < -0.4 is 5.32 Å². The predicted octanol–water partition coefficient (Wildman–Crippen LogP) is 4.22. The van der Waals surface area contributed by atoms with E-state index in [1.807, 2.05) is 24.3 Å². The third kappa shape index (κ3) is 4.59. The van der Waals surface area contributed by atoms with Crippen LogP contribution in [0.2, 0.25) is 0 Å². The smallest absolute Gasteiger partial charge is 0.222 e. The molecular formula is C20H29N3O. The van der Waals surface area contributed by atoms with Crippen LogP contribution in [0.5, 0.6) is 0 Å². The number of amides is 1. The molecule has 1 saturated carbocycles. The highest BCUT2D eigenvalue weighted by atomic mass is 16.1. The molecule has 1 aliphatic carbocycles. The lowest BCUT2D eigenvalue weighted by atomic mass is 9.83. The van der Waals surface area contributed by atoms with Gasteiger partial charge >= 0.3 is 0 Å². The van der Waals surface area contributed by atoms with Crippen LogP contribution in [-0.4, -0.2) is 22.4 Å². The summed E-state index contributed by atoms with van der Waals surface area (Å²) in [5.74, 6) is 2.11. The van der Waals surface area contributed by atoms with E-state index in [1.165, 1.54) is 32.1 Å². The lowest BCUT2D eigenvalue weighted by Gasteiger charge is -2.24. The first-order chi connectivity index (χ1) is 11.7. The molecule has 24 heavy (non-hydrogen) atoms. The van der Waals surface area contributed by atoms with Crippen molar-refractivity contribution in [3.05, 3.63) is 30.1 Å². The average Bonchev–Trinajstić information content (AvgIpc) is 3.02. The summed E-state index contributed by atoms with van der Waals surface area (Å²) in [5.41, 5.74) is 2.09. The van der Waals surface area contributed by atoms with E-state index in [9.17, 15) is 4.79 Å². The molecule has 1 fully saturated rings. The number of nitrogens with zero attached hydrogens (tertiary/aromatic N) is 1. The molecule has 0 aliphatic heterocycles. The van der Waals surface area contributed by atoms with Crippen molar-refractivity contribution in [2.24, 2.45) is 11.8 Å². The number of H-pyrrole nitrogens is 1. The Labute approximate surface area is 144 Å². The van der Waals surface area contributed by atoms with Gasteiger partial charge in [0, 0.05) is 18.9 Å². The van der Waals surface area contributed by atoms with Gasteiger partial charge in [0.25, 0.3) is 0 Å². The number of hydrogen-bond acceptors (Lipinski definition) is 2. The molecule has 0 bridgehead atoms. The zero-order valence-corrected chi connectivity index (χ0v) is 14.7. The molecule has 1 aliphatic rings. The maximum absolute atomic E-state index is 12.2. The number of nitrogens with one attached hydrogen (secondary N) is 2. The number of imidazole rings is 1. The van der Waals surface area contributed by atoms with Crippen LogP contribution in [0.15, 0.2) is 24.3 Å². The fraction of sp³-hybridized carbons (Fsp3) is 0.600. The Morgan fingerprint density at radius 2 is 2.08 bits per heavy atom. The molecule has 0 radical (unpaired) electrons. The standard InChI is InChI=1S/C20H29N3O/c1-15(14-16-8-3-2-4-9-16)20(24)21-13-7-12-19-22-17-10-5-6-11-18(17)23-19/h5-6,10-11,15-16H,2-4,7-9,12-14H2,1H3,(H,21,24)(H,22,23). The highest BCUT2D eigenvalue weighted by Crippen LogP contribution is 2.29. The first-order valence-corrected chi connectivity index (χ1v) is 9.43. The predicted molar refractivity (Wildman–Crippen MR) is 97.8 cm³/mol. The highest BCUT2D eigenvalue weighted by Gasteiger charge is 2.20. The van der Waals surface area contributed by atoms with E-state index >= 15 is 0 Å². The number of aryl methyl sites for hydroxylation is 1. The van der Waals surface area contributed by atoms with E-state index < -0.39 is 0 Å². The van der Waals surface area contributed by atoms with Gasteiger partial charge in [0.1, 0.15) is 5.82 Å². The Kier molecular flexibility index (Phi) is 5.89. The van der Waals surface area contributed by atoms with Crippen molar-refractivity contribution >= 4 is 16.9 Å². The molecule has 130 valence electrons. The molecule has 1 aromatic carbocycles. The largest absolute Gasteiger partial charge is 0.356 e. The fourth-order valence-electron chi connectivity index (χ4n) is 3.80. The maximum atomic E-state index is 12.2. The quantitative estimate of drug-likeness (QED) is 0.748. The van der Waals surface area contributed by atoms with E-state index in [2.05, 4.69) is 22.2 Å². The molecule has 1 amide bonds. The minimum Gasteiger partial charge on any atom is -0.356 e. The average molecular weight is 327 g/mol. The summed E-state index contributed by atoms with van der Waals surface area (Å²) >= 11 is 0. The van der Waals surface area contributed by atoms with Crippen molar-refractivity contribution in [3.63, 3.8) is 0 Å². The SMILES string of the molecule is CC(CC1CCCCC1)C(=O)NCCCc1nc2ccccc2[nH]1. The van der Waals surface area contributed by atoms with Crippen molar-refractivity contribution in [2.45, 2.75) is 58.3 Å². The summed E-state index contributed by atoms with van der Waals surface area (Å²) in [5, 5.41) is 3.10. The molecule has 1 aromatic heterocycles. The van der Waals surface area contributed by atoms with E-state index in [1.54, 1.807) is 0 Å². The monoisotopic (exact) mass is 327 g/mol. The number of para-hydroxylation sites is 2. The first-order valence-electron chi connectivity index (χ1n) is 9.43. The molecule has 0 spiro atoms. The van der Waals surface area contributed by atoms with Gasteiger partial charge in [-0.05, 0) is 30.9 Å². The summed E-state index contributed by atoms with van der Waals surface area (Å²) in [6.07, 6.45) is 9.52. The Balaban J connectivity index is 1.36. The summed E-state index contributed by atoms with van der Waals surface area (Å²) < 4.78 is 0. The summed E-state index contributed by atoms with van der Waals surface area (Å²) in [4.78, 5) is 20.1. The van der Waals surface area contributed by atoms with Crippen molar-refractivity contribution in [1.29, 1.82) is 0 Å². The van der Waals surface area contributed by atoms with Gasteiger partial charge in [-0.1, -0.05) is 51.2 Å². The number of carbonyl (C=O) groups excluding carboxylic acids is 1. The van der Waals surface area contributed by atoms with Crippen LogP contribution in [0.1, 0.15) is 57.7 Å². The van der Waals surface area contributed by atoms with Gasteiger partial charge in [-0.25, -0.2) is 4.98 Å². The lowest BCUT2D eigenvalue weighted by Crippen LogP contribution is -2.31. The molecule has 1 unspecified atom stereocenters. The second-order valence-electron chi connectivity index (χ2n) is 7.24. The van der Waals surface area contributed by atoms with Crippen molar-refractivity contribution in [1.82, 2.24) is 15.3 Å². The van der Waals surface area contributed by atoms with Gasteiger partial charge in [0.15, 0.2) is 0 Å². The van der Waals surface area contributed by atoms with Crippen molar-refractivity contribution in [2.75, 3.05) is 6.54 Å². The zero-order chi connectivity index (χ0) is 16.8. The van der Waals surface area contributed by atoms with E-state index in [4.69, 9.17) is 0 Å². The molecule has 0 saturated heterocycles. The number of rotatable bonds is 7. The molecule has 4 nitrogen and oxygen atoms in total. The maximum Gasteiger partial charge on any atom is 0.222 e. The Morgan fingerprint density at radius 3 is 2.88 bits per heavy atom. The Morgan fingerprint density at radius 1 is 1.29 bits per heavy atom. The second-order valence-corrected chi connectivity index (χ2v) is 7.24. The van der Waals surface area contributed by atoms with Gasteiger partial charge in [-0.3, -0.25) is 4.79 Å². The van der Waals surface area contributed by atoms with Crippen molar-refractivity contribution < 1.29 is 4.79 Å². The molecule has 1 heterocycles. The normalized spacial score (nSPS) is 17.0. The number of aromatic nitrogens is 2. The molecule has 2 N–H and O–H groups in total. The summed E-state index contributed by atoms with van der Waals surface area (Å²) in [6.45, 7) is 2.80. The van der Waals surface area contributed by atoms with Crippen LogP contribution in [0.25, 0.3) is 11.0 Å². The fourth-order valence-corrected chi connectivity index (χ4v) is 3.80. The summed E-state index contributed by atoms with van der Waals surface area (Å²) in [7, 11) is 0. The third-order valence-corrected chi connectivity index (χ3v) is 5.19. The van der Waals surface area contributed by atoms with Crippen LogP contribution >= 0.6 is 0 Å². The third-order valence-electron chi connectivity index (χ3n) is 5.19. The van der Waals surface area contributed by atoms with Crippen LogP contribution in [0, 0.1) is 11.8 Å². The van der Waals surface area contributed by atoms with Gasteiger partial charge in [-0.2, -0.15) is 0 Å². The van der Waals surface area contributed by atoms with Gasteiger partial charge in [0.05, 0.1) is 11.0 Å². The van der Waals surface area contributed by atoms with E-state index in [-0.39, 0.29) is 11.8 Å².